The topological polar surface area (TPSA) is 26.3 Å². The van der Waals surface area contributed by atoms with Gasteiger partial charge in [0, 0.05) is 5.92 Å². The van der Waals surface area contributed by atoms with Crippen molar-refractivity contribution in [3.63, 3.8) is 0 Å². The number of ketones is 1. The van der Waals surface area contributed by atoms with Crippen LogP contribution >= 0.6 is 0 Å². The summed E-state index contributed by atoms with van der Waals surface area (Å²) in [6.45, 7) is 4.33. The normalized spacial score (nSPS) is 22.4. The van der Waals surface area contributed by atoms with Crippen LogP contribution in [0, 0.1) is 5.92 Å². The lowest BCUT2D eigenvalue weighted by Crippen LogP contribution is -2.21. The van der Waals surface area contributed by atoms with E-state index in [0.717, 1.165) is 12.8 Å². The maximum absolute atomic E-state index is 10.8. The molecule has 2 nitrogen and oxygen atoms in total. The summed E-state index contributed by atoms with van der Waals surface area (Å²) in [5.41, 5.74) is 1.27. The number of Topliss-reactive ketones (excluding diaryl/α,β-unsaturated/α-hetero) is 1. The van der Waals surface area contributed by atoms with Crippen LogP contribution in [0.25, 0.3) is 0 Å². The first kappa shape index (κ1) is 8.31. The van der Waals surface area contributed by atoms with Crippen molar-refractivity contribution < 1.29 is 9.53 Å². The molecule has 0 N–H and O–H groups in total. The average molecular weight is 154 g/mol. The van der Waals surface area contributed by atoms with Crippen molar-refractivity contribution in [2.45, 2.75) is 26.7 Å². The van der Waals surface area contributed by atoms with Gasteiger partial charge in [0.15, 0.2) is 0 Å². The molecule has 0 heterocycles. The molecule has 0 radical (unpaired) electrons. The standard InChI is InChI=1S/C9H14O2/c1-3-11-6-8-4-9(5-8)7(2)10/h6,9H,3-5H2,1-2H3. The van der Waals surface area contributed by atoms with E-state index < -0.39 is 0 Å². The van der Waals surface area contributed by atoms with Gasteiger partial charge < -0.3 is 4.74 Å². The highest BCUT2D eigenvalue weighted by Gasteiger charge is 2.26. The second-order valence-corrected chi connectivity index (χ2v) is 2.95. The van der Waals surface area contributed by atoms with Crippen LogP contribution in [0.5, 0.6) is 0 Å². The van der Waals surface area contributed by atoms with Gasteiger partial charge in [0.25, 0.3) is 0 Å². The van der Waals surface area contributed by atoms with Crippen molar-refractivity contribution in [2.24, 2.45) is 5.92 Å². The second kappa shape index (κ2) is 3.56. The van der Waals surface area contributed by atoms with E-state index in [1.54, 1.807) is 13.2 Å². The quantitative estimate of drug-likeness (QED) is 0.580. The van der Waals surface area contributed by atoms with Gasteiger partial charge in [0.2, 0.25) is 0 Å². The van der Waals surface area contributed by atoms with Crippen molar-refractivity contribution in [3.05, 3.63) is 11.8 Å². The Balaban J connectivity index is 2.23. The van der Waals surface area contributed by atoms with Crippen LogP contribution in [0.3, 0.4) is 0 Å². The Labute approximate surface area is 67.2 Å². The molecule has 0 aromatic heterocycles. The van der Waals surface area contributed by atoms with Crippen molar-refractivity contribution >= 4 is 5.78 Å². The number of hydrogen-bond donors (Lipinski definition) is 0. The maximum Gasteiger partial charge on any atom is 0.133 e. The number of hydrogen-bond acceptors (Lipinski definition) is 2. The summed E-state index contributed by atoms with van der Waals surface area (Å²) in [4.78, 5) is 10.8. The van der Waals surface area contributed by atoms with E-state index in [9.17, 15) is 4.79 Å². The molecular weight excluding hydrogens is 140 g/mol. The summed E-state index contributed by atoms with van der Waals surface area (Å²) in [5, 5.41) is 0. The summed E-state index contributed by atoms with van der Waals surface area (Å²) in [5.74, 6) is 0.584. The zero-order chi connectivity index (χ0) is 8.27. The van der Waals surface area contributed by atoms with Crippen LogP contribution < -0.4 is 0 Å². The lowest BCUT2D eigenvalue weighted by Gasteiger charge is -2.26. The van der Waals surface area contributed by atoms with Gasteiger partial charge in [0.05, 0.1) is 12.9 Å². The van der Waals surface area contributed by atoms with Gasteiger partial charge in [-0.05, 0) is 32.3 Å². The third kappa shape index (κ3) is 2.07. The molecule has 0 spiro atoms. The minimum absolute atomic E-state index is 0.279. The molecule has 0 bridgehead atoms. The zero-order valence-corrected chi connectivity index (χ0v) is 7.09. The zero-order valence-electron chi connectivity index (χ0n) is 7.09. The van der Waals surface area contributed by atoms with E-state index >= 15 is 0 Å². The monoisotopic (exact) mass is 154 g/mol. The first-order valence-corrected chi connectivity index (χ1v) is 4.04. The molecule has 1 aliphatic rings. The molecule has 11 heavy (non-hydrogen) atoms. The molecule has 2 heteroatoms. The molecule has 62 valence electrons. The predicted octanol–water partition coefficient (Wildman–Crippen LogP) is 1.91. The van der Waals surface area contributed by atoms with E-state index in [2.05, 4.69) is 0 Å². The molecule has 0 saturated heterocycles. The molecule has 0 unspecified atom stereocenters. The summed E-state index contributed by atoms with van der Waals surface area (Å²) >= 11 is 0. The van der Waals surface area contributed by atoms with Gasteiger partial charge in [-0.1, -0.05) is 0 Å². The van der Waals surface area contributed by atoms with E-state index in [1.807, 2.05) is 6.92 Å². The smallest absolute Gasteiger partial charge is 0.133 e. The fraction of sp³-hybridized carbons (Fsp3) is 0.667. The fourth-order valence-electron chi connectivity index (χ4n) is 1.16. The van der Waals surface area contributed by atoms with E-state index in [-0.39, 0.29) is 5.92 Å². The Hall–Kier alpha value is -0.790. The first-order valence-electron chi connectivity index (χ1n) is 4.04. The van der Waals surface area contributed by atoms with Crippen LogP contribution in [0.15, 0.2) is 11.8 Å². The Kier molecular flexibility index (Phi) is 2.69. The highest BCUT2D eigenvalue weighted by atomic mass is 16.5. The molecule has 0 amide bonds. The van der Waals surface area contributed by atoms with Gasteiger partial charge in [-0.25, -0.2) is 0 Å². The minimum Gasteiger partial charge on any atom is -0.502 e. The number of carbonyl (C=O) groups is 1. The van der Waals surface area contributed by atoms with Crippen molar-refractivity contribution in [2.75, 3.05) is 6.61 Å². The Morgan fingerprint density at radius 2 is 2.36 bits per heavy atom. The molecule has 0 aliphatic heterocycles. The summed E-state index contributed by atoms with van der Waals surface area (Å²) in [7, 11) is 0. The summed E-state index contributed by atoms with van der Waals surface area (Å²) < 4.78 is 5.09. The molecule has 1 saturated carbocycles. The van der Waals surface area contributed by atoms with Gasteiger partial charge in [0.1, 0.15) is 5.78 Å². The molecule has 1 fully saturated rings. The molecular formula is C9H14O2. The third-order valence-corrected chi connectivity index (χ3v) is 2.01. The summed E-state index contributed by atoms with van der Waals surface area (Å²) in [6, 6.07) is 0. The predicted molar refractivity (Wildman–Crippen MR) is 43.1 cm³/mol. The Bertz CT molecular complexity index is 174. The van der Waals surface area contributed by atoms with Crippen LogP contribution in [0.2, 0.25) is 0 Å². The number of rotatable bonds is 3. The molecule has 0 aromatic rings. The Morgan fingerprint density at radius 1 is 1.73 bits per heavy atom. The van der Waals surface area contributed by atoms with Gasteiger partial charge >= 0.3 is 0 Å². The highest BCUT2D eigenvalue weighted by molar-refractivity contribution is 5.80. The van der Waals surface area contributed by atoms with Crippen LogP contribution in [-0.4, -0.2) is 12.4 Å². The number of allylic oxidation sites excluding steroid dienone is 1. The van der Waals surface area contributed by atoms with Crippen molar-refractivity contribution in [1.29, 1.82) is 0 Å². The van der Waals surface area contributed by atoms with Gasteiger partial charge in [-0.3, -0.25) is 4.79 Å². The average Bonchev–Trinajstić information content (AvgIpc) is 1.84. The van der Waals surface area contributed by atoms with Crippen LogP contribution in [0.4, 0.5) is 0 Å². The lowest BCUT2D eigenvalue weighted by molar-refractivity contribution is -0.121. The van der Waals surface area contributed by atoms with Crippen molar-refractivity contribution in [1.82, 2.24) is 0 Å². The first-order chi connectivity index (χ1) is 5.24. The third-order valence-electron chi connectivity index (χ3n) is 2.01. The second-order valence-electron chi connectivity index (χ2n) is 2.95. The number of ether oxygens (including phenoxy) is 1. The minimum atomic E-state index is 0.279. The number of carbonyl (C=O) groups excluding carboxylic acids is 1. The largest absolute Gasteiger partial charge is 0.502 e. The van der Waals surface area contributed by atoms with Crippen molar-refractivity contribution in [3.8, 4) is 0 Å². The molecule has 0 aromatic carbocycles. The molecule has 1 aliphatic carbocycles. The van der Waals surface area contributed by atoms with Gasteiger partial charge in [-0.15, -0.1) is 0 Å². The van der Waals surface area contributed by atoms with Crippen LogP contribution in [-0.2, 0) is 9.53 Å². The summed E-state index contributed by atoms with van der Waals surface area (Å²) in [6.07, 6.45) is 3.62. The highest BCUT2D eigenvalue weighted by Crippen LogP contribution is 2.33. The maximum atomic E-state index is 10.8. The lowest BCUT2D eigenvalue weighted by atomic mass is 9.78. The molecule has 0 atom stereocenters. The SMILES string of the molecule is CCOC=C1CC(C(C)=O)C1. The Morgan fingerprint density at radius 3 is 2.82 bits per heavy atom. The van der Waals surface area contributed by atoms with Crippen LogP contribution in [0.1, 0.15) is 26.7 Å². The fourth-order valence-corrected chi connectivity index (χ4v) is 1.16. The van der Waals surface area contributed by atoms with E-state index in [1.165, 1.54) is 5.57 Å². The molecule has 1 rings (SSSR count). The van der Waals surface area contributed by atoms with E-state index in [4.69, 9.17) is 4.74 Å². The van der Waals surface area contributed by atoms with E-state index in [0.29, 0.717) is 12.4 Å². The van der Waals surface area contributed by atoms with Gasteiger partial charge in [-0.2, -0.15) is 0 Å².